The molecule has 2 heterocycles. The summed E-state index contributed by atoms with van der Waals surface area (Å²) in [5.74, 6) is -2.97. The highest BCUT2D eigenvalue weighted by Crippen LogP contribution is 2.30. The van der Waals surface area contributed by atoms with Gasteiger partial charge in [0.25, 0.3) is 5.91 Å². The van der Waals surface area contributed by atoms with E-state index in [2.05, 4.69) is 20.2 Å². The minimum atomic E-state index is -3.28. The molecule has 1 aliphatic heterocycles. The fraction of sp³-hybridized carbons (Fsp3) is 0.591. The number of hydrogen-bond acceptors (Lipinski definition) is 6. The first-order valence-corrected chi connectivity index (χ1v) is 11.0. The van der Waals surface area contributed by atoms with Gasteiger partial charge in [-0.05, 0) is 49.8 Å². The molecular formula is C22H30F2N6O. The van der Waals surface area contributed by atoms with Crippen LogP contribution < -0.4 is 11.1 Å². The molecule has 3 N–H and O–H groups in total. The van der Waals surface area contributed by atoms with E-state index >= 15 is 0 Å². The summed E-state index contributed by atoms with van der Waals surface area (Å²) in [6.45, 7) is 3.63. The monoisotopic (exact) mass is 432 g/mol. The van der Waals surface area contributed by atoms with Crippen LogP contribution in [0.1, 0.15) is 32.6 Å². The van der Waals surface area contributed by atoms with Gasteiger partial charge in [0.1, 0.15) is 12.1 Å². The molecule has 1 aliphatic carbocycles. The van der Waals surface area contributed by atoms with Crippen LogP contribution in [0.4, 0.5) is 20.3 Å². The first-order valence-electron chi connectivity index (χ1n) is 11.0. The van der Waals surface area contributed by atoms with Crippen molar-refractivity contribution in [3.8, 4) is 0 Å². The van der Waals surface area contributed by atoms with Crippen molar-refractivity contribution in [1.29, 1.82) is 0 Å². The molecule has 0 unspecified atom stereocenters. The van der Waals surface area contributed by atoms with Gasteiger partial charge in [0.05, 0.1) is 5.52 Å². The average Bonchev–Trinajstić information content (AvgIpc) is 2.77. The molecule has 0 atom stereocenters. The number of carbonyl (C=O) groups is 1. The fourth-order valence-electron chi connectivity index (χ4n) is 4.74. The van der Waals surface area contributed by atoms with Crippen LogP contribution in [0.2, 0.25) is 0 Å². The summed E-state index contributed by atoms with van der Waals surface area (Å²) in [6.07, 6.45) is 5.95. The van der Waals surface area contributed by atoms with Crippen molar-refractivity contribution in [2.45, 2.75) is 44.6 Å². The van der Waals surface area contributed by atoms with Crippen LogP contribution in [0.25, 0.3) is 10.9 Å². The van der Waals surface area contributed by atoms with Gasteiger partial charge in [-0.3, -0.25) is 9.69 Å². The Morgan fingerprint density at radius 1 is 1.16 bits per heavy atom. The maximum absolute atomic E-state index is 13.3. The maximum Gasteiger partial charge on any atom is 0.322 e. The molecule has 1 aromatic carbocycles. The molecule has 9 heteroatoms. The number of anilines is 2. The molecule has 168 valence electrons. The van der Waals surface area contributed by atoms with Crippen LogP contribution in [-0.2, 0) is 4.79 Å². The molecule has 31 heavy (non-hydrogen) atoms. The second-order valence-corrected chi connectivity index (χ2v) is 8.77. The quantitative estimate of drug-likeness (QED) is 0.707. The van der Waals surface area contributed by atoms with Gasteiger partial charge in [0.15, 0.2) is 0 Å². The number of nitrogens with two attached hydrogens (primary N) is 1. The third-order valence-electron chi connectivity index (χ3n) is 6.53. The third-order valence-corrected chi connectivity index (χ3v) is 6.53. The Hall–Kier alpha value is -2.55. The van der Waals surface area contributed by atoms with E-state index in [0.717, 1.165) is 48.9 Å². The highest BCUT2D eigenvalue weighted by molar-refractivity contribution is 5.91. The summed E-state index contributed by atoms with van der Waals surface area (Å²) >= 11 is 0. The van der Waals surface area contributed by atoms with Crippen molar-refractivity contribution in [3.05, 3.63) is 24.5 Å². The number of hydrogen-bond donors (Lipinski definition) is 2. The van der Waals surface area contributed by atoms with Crippen molar-refractivity contribution >= 4 is 28.3 Å². The molecule has 0 spiro atoms. The number of carbonyl (C=O) groups excluding carboxylic acids is 1. The number of nitrogens with one attached hydrogen (secondary N) is 1. The Kier molecular flexibility index (Phi) is 6.22. The van der Waals surface area contributed by atoms with E-state index in [-0.39, 0.29) is 0 Å². The number of halogens is 2. The highest BCUT2D eigenvalue weighted by Gasteiger charge is 2.38. The van der Waals surface area contributed by atoms with E-state index in [1.54, 1.807) is 6.33 Å². The summed E-state index contributed by atoms with van der Waals surface area (Å²) in [4.78, 5) is 24.1. The molecule has 2 aromatic rings. The number of nitrogens with zero attached hydrogens (tertiary/aromatic N) is 4. The van der Waals surface area contributed by atoms with E-state index < -0.39 is 11.8 Å². The topological polar surface area (TPSA) is 87.4 Å². The van der Waals surface area contributed by atoms with Crippen LogP contribution in [0, 0.1) is 5.92 Å². The summed E-state index contributed by atoms with van der Waals surface area (Å²) < 4.78 is 26.5. The summed E-state index contributed by atoms with van der Waals surface area (Å²) in [5.41, 5.74) is 7.48. The summed E-state index contributed by atoms with van der Waals surface area (Å²) in [5, 5.41) is 4.41. The highest BCUT2D eigenvalue weighted by atomic mass is 19.3. The van der Waals surface area contributed by atoms with E-state index in [0.29, 0.717) is 50.7 Å². The van der Waals surface area contributed by atoms with Crippen molar-refractivity contribution in [1.82, 2.24) is 19.8 Å². The van der Waals surface area contributed by atoms with Crippen LogP contribution in [0.3, 0.4) is 0 Å². The molecule has 2 fully saturated rings. The largest absolute Gasteiger partial charge is 0.399 e. The lowest BCUT2D eigenvalue weighted by molar-refractivity contribution is -0.157. The molecule has 0 bridgehead atoms. The number of amides is 1. The Morgan fingerprint density at radius 2 is 1.87 bits per heavy atom. The van der Waals surface area contributed by atoms with Gasteiger partial charge in [-0.2, -0.15) is 8.78 Å². The van der Waals surface area contributed by atoms with Gasteiger partial charge < -0.3 is 16.0 Å². The number of benzene rings is 1. The number of aromatic nitrogens is 2. The van der Waals surface area contributed by atoms with Gasteiger partial charge in [0, 0.05) is 56.8 Å². The Morgan fingerprint density at radius 3 is 2.55 bits per heavy atom. The second-order valence-electron chi connectivity index (χ2n) is 8.77. The standard InChI is InChI=1S/C22H30F2N6O/c1-22(23,24)21(31)30-10-8-29(9-11-30)17-5-2-15(3-6-17)13-26-20-18-12-16(25)4-7-19(18)27-14-28-20/h4,7,12,14-15,17H,2-3,5-6,8-11,13,25H2,1H3,(H,26,27,28). The molecule has 4 rings (SSSR count). The minimum absolute atomic E-state index is 0.383. The SMILES string of the molecule is CC(F)(F)C(=O)N1CCN(C2CCC(CNc3ncnc4ccc(N)cc34)CC2)CC1. The third kappa shape index (κ3) is 5.03. The van der Waals surface area contributed by atoms with Crippen LogP contribution in [0.5, 0.6) is 0 Å². The molecule has 1 aromatic heterocycles. The lowest BCUT2D eigenvalue weighted by atomic mass is 9.85. The number of alkyl halides is 2. The summed E-state index contributed by atoms with van der Waals surface area (Å²) in [6, 6.07) is 6.10. The smallest absolute Gasteiger partial charge is 0.322 e. The van der Waals surface area contributed by atoms with E-state index in [1.807, 2.05) is 18.2 Å². The van der Waals surface area contributed by atoms with Gasteiger partial charge in [-0.25, -0.2) is 9.97 Å². The number of fused-ring (bicyclic) bond motifs is 1. The van der Waals surface area contributed by atoms with Crippen LogP contribution in [-0.4, -0.2) is 70.4 Å². The van der Waals surface area contributed by atoms with E-state index in [4.69, 9.17) is 5.73 Å². The molecule has 1 amide bonds. The first kappa shape index (κ1) is 21.7. The first-order chi connectivity index (χ1) is 14.8. The lowest BCUT2D eigenvalue weighted by Crippen LogP contribution is -2.55. The molecule has 0 radical (unpaired) electrons. The van der Waals surface area contributed by atoms with Crippen molar-refractivity contribution in [2.24, 2.45) is 5.92 Å². The van der Waals surface area contributed by atoms with E-state index in [1.165, 1.54) is 4.90 Å². The molecule has 7 nitrogen and oxygen atoms in total. The zero-order chi connectivity index (χ0) is 22.0. The van der Waals surface area contributed by atoms with E-state index in [9.17, 15) is 13.6 Å². The van der Waals surface area contributed by atoms with Crippen molar-refractivity contribution in [3.63, 3.8) is 0 Å². The van der Waals surface area contributed by atoms with Gasteiger partial charge >= 0.3 is 5.92 Å². The summed E-state index contributed by atoms with van der Waals surface area (Å²) in [7, 11) is 0. The Balaban J connectivity index is 1.25. The normalized spacial score (nSPS) is 23.1. The van der Waals surface area contributed by atoms with Gasteiger partial charge in [0.2, 0.25) is 0 Å². The average molecular weight is 433 g/mol. The Labute approximate surface area is 181 Å². The van der Waals surface area contributed by atoms with Gasteiger partial charge in [-0.1, -0.05) is 0 Å². The second kappa shape index (κ2) is 8.90. The maximum atomic E-state index is 13.3. The van der Waals surface area contributed by atoms with Crippen molar-refractivity contribution < 1.29 is 13.6 Å². The van der Waals surface area contributed by atoms with Gasteiger partial charge in [-0.15, -0.1) is 0 Å². The zero-order valence-corrected chi connectivity index (χ0v) is 17.9. The number of piperazine rings is 1. The molecular weight excluding hydrogens is 402 g/mol. The minimum Gasteiger partial charge on any atom is -0.399 e. The predicted octanol–water partition coefficient (Wildman–Crippen LogP) is 2.98. The number of nitrogen functional groups attached to an aromatic ring is 1. The zero-order valence-electron chi connectivity index (χ0n) is 17.9. The fourth-order valence-corrected chi connectivity index (χ4v) is 4.74. The Bertz CT molecular complexity index is 918. The predicted molar refractivity (Wildman–Crippen MR) is 117 cm³/mol. The van der Waals surface area contributed by atoms with Crippen molar-refractivity contribution in [2.75, 3.05) is 43.8 Å². The number of rotatable bonds is 5. The molecule has 1 saturated heterocycles. The molecule has 2 aliphatic rings. The van der Waals surface area contributed by atoms with Crippen LogP contribution in [0.15, 0.2) is 24.5 Å². The lowest BCUT2D eigenvalue weighted by Gasteiger charge is -2.42. The van der Waals surface area contributed by atoms with Crippen LogP contribution >= 0.6 is 0 Å². The molecule has 1 saturated carbocycles.